The first-order chi connectivity index (χ1) is 8.45. The van der Waals surface area contributed by atoms with Crippen molar-refractivity contribution in [1.82, 2.24) is 0 Å². The minimum Gasteiger partial charge on any atom is -0.492 e. The normalized spacial score (nSPS) is 11.5. The highest BCUT2D eigenvalue weighted by molar-refractivity contribution is 9.10. The van der Waals surface area contributed by atoms with Gasteiger partial charge >= 0.3 is 0 Å². The Morgan fingerprint density at radius 2 is 1.94 bits per heavy atom. The van der Waals surface area contributed by atoms with Gasteiger partial charge < -0.3 is 9.47 Å². The van der Waals surface area contributed by atoms with Crippen LogP contribution < -0.4 is 9.88 Å². The molecule has 0 amide bonds. The number of hydrogen-bond acceptors (Lipinski definition) is 4. The highest BCUT2D eigenvalue weighted by Gasteiger charge is 2.15. The third kappa shape index (κ3) is 4.93. The lowest BCUT2D eigenvalue weighted by Crippen LogP contribution is -2.14. The Balaban J connectivity index is 2.71. The zero-order chi connectivity index (χ0) is 13.6. The Morgan fingerprint density at radius 1 is 1.28 bits per heavy atom. The molecule has 1 aromatic carbocycles. The van der Waals surface area contributed by atoms with Crippen molar-refractivity contribution in [2.45, 2.75) is 17.7 Å². The second-order valence-electron chi connectivity index (χ2n) is 3.68. The molecule has 1 rings (SSSR count). The molecule has 5 nitrogen and oxygen atoms in total. The molecule has 0 atom stereocenters. The van der Waals surface area contributed by atoms with E-state index in [1.807, 2.05) is 0 Å². The molecule has 0 aliphatic rings. The number of methoxy groups -OCH3 is 1. The van der Waals surface area contributed by atoms with E-state index in [2.05, 4.69) is 15.9 Å². The van der Waals surface area contributed by atoms with Gasteiger partial charge in [-0.25, -0.2) is 13.6 Å². The van der Waals surface area contributed by atoms with Gasteiger partial charge in [-0.15, -0.1) is 0 Å². The van der Waals surface area contributed by atoms with E-state index in [9.17, 15) is 8.42 Å². The molecule has 0 saturated carbocycles. The minimum absolute atomic E-state index is 0.0105. The van der Waals surface area contributed by atoms with E-state index in [4.69, 9.17) is 14.6 Å². The highest BCUT2D eigenvalue weighted by atomic mass is 79.9. The number of halogens is 1. The number of sulfonamides is 1. The zero-order valence-corrected chi connectivity index (χ0v) is 12.5. The predicted molar refractivity (Wildman–Crippen MR) is 72.1 cm³/mol. The number of primary sulfonamides is 1. The Hall–Kier alpha value is -0.630. The predicted octanol–water partition coefficient (Wildman–Crippen LogP) is 1.90. The number of rotatable bonds is 7. The van der Waals surface area contributed by atoms with Crippen molar-refractivity contribution in [2.75, 3.05) is 20.3 Å². The first-order valence-corrected chi connectivity index (χ1v) is 7.73. The van der Waals surface area contributed by atoms with Crippen molar-refractivity contribution in [3.05, 3.63) is 22.7 Å². The van der Waals surface area contributed by atoms with Crippen molar-refractivity contribution in [3.8, 4) is 5.75 Å². The van der Waals surface area contributed by atoms with Crippen LogP contribution in [-0.4, -0.2) is 28.7 Å². The standard InChI is InChI=1S/C11H16BrNO4S/c1-16-6-2-3-7-17-10-5-4-9(12)8-11(10)18(13,14)15/h4-5,8H,2-3,6-7H2,1H3,(H2,13,14,15). The fourth-order valence-electron chi connectivity index (χ4n) is 1.35. The molecule has 0 heterocycles. The van der Waals surface area contributed by atoms with Crippen molar-refractivity contribution < 1.29 is 17.9 Å². The van der Waals surface area contributed by atoms with Gasteiger partial charge in [0.05, 0.1) is 6.61 Å². The van der Waals surface area contributed by atoms with Crippen molar-refractivity contribution >= 4 is 26.0 Å². The molecule has 7 heteroatoms. The van der Waals surface area contributed by atoms with Gasteiger partial charge in [0.2, 0.25) is 10.0 Å². The second kappa shape index (κ2) is 7.08. The molecule has 0 aliphatic carbocycles. The maximum Gasteiger partial charge on any atom is 0.241 e. The summed E-state index contributed by atoms with van der Waals surface area (Å²) in [5.74, 6) is 0.276. The molecule has 0 saturated heterocycles. The maximum absolute atomic E-state index is 11.4. The zero-order valence-electron chi connectivity index (χ0n) is 10.1. The molecule has 2 N–H and O–H groups in total. The summed E-state index contributed by atoms with van der Waals surface area (Å²) < 4.78 is 33.8. The van der Waals surface area contributed by atoms with Crippen LogP contribution in [0.25, 0.3) is 0 Å². The third-order valence-electron chi connectivity index (χ3n) is 2.21. The summed E-state index contributed by atoms with van der Waals surface area (Å²) in [5, 5.41) is 5.13. The SMILES string of the molecule is COCCCCOc1ccc(Br)cc1S(N)(=O)=O. The van der Waals surface area contributed by atoms with Gasteiger partial charge in [0.15, 0.2) is 0 Å². The molecule has 0 spiro atoms. The van der Waals surface area contributed by atoms with Gasteiger partial charge in [-0.1, -0.05) is 15.9 Å². The fraction of sp³-hybridized carbons (Fsp3) is 0.455. The lowest BCUT2D eigenvalue weighted by atomic mass is 10.3. The van der Waals surface area contributed by atoms with Crippen LogP contribution >= 0.6 is 15.9 Å². The molecular weight excluding hydrogens is 322 g/mol. The Labute approximate surface area is 115 Å². The number of nitrogens with two attached hydrogens (primary N) is 1. The first-order valence-electron chi connectivity index (χ1n) is 5.39. The second-order valence-corrected chi connectivity index (χ2v) is 6.13. The van der Waals surface area contributed by atoms with Gasteiger partial charge in [0.1, 0.15) is 10.6 Å². The van der Waals surface area contributed by atoms with Gasteiger partial charge in [0, 0.05) is 18.2 Å². The monoisotopic (exact) mass is 337 g/mol. The van der Waals surface area contributed by atoms with Crippen LogP contribution in [0, 0.1) is 0 Å². The van der Waals surface area contributed by atoms with Crippen LogP contribution in [0.1, 0.15) is 12.8 Å². The van der Waals surface area contributed by atoms with E-state index in [-0.39, 0.29) is 10.6 Å². The van der Waals surface area contributed by atoms with Crippen LogP contribution in [0.3, 0.4) is 0 Å². The van der Waals surface area contributed by atoms with E-state index in [0.717, 1.165) is 12.8 Å². The number of ether oxygens (including phenoxy) is 2. The molecule has 0 fully saturated rings. The van der Waals surface area contributed by atoms with Gasteiger partial charge in [-0.05, 0) is 31.0 Å². The number of benzene rings is 1. The summed E-state index contributed by atoms with van der Waals surface area (Å²) in [6.45, 7) is 1.08. The summed E-state index contributed by atoms with van der Waals surface area (Å²) in [5.41, 5.74) is 0. The van der Waals surface area contributed by atoms with Gasteiger partial charge in [-0.2, -0.15) is 0 Å². The number of hydrogen-bond donors (Lipinski definition) is 1. The van der Waals surface area contributed by atoms with Crippen LogP contribution in [0.4, 0.5) is 0 Å². The summed E-state index contributed by atoms with van der Waals surface area (Å²) >= 11 is 3.20. The first kappa shape index (κ1) is 15.4. The molecule has 0 aliphatic heterocycles. The summed E-state index contributed by atoms with van der Waals surface area (Å²) in [6, 6.07) is 4.72. The van der Waals surface area contributed by atoms with Gasteiger partial charge in [0.25, 0.3) is 0 Å². The smallest absolute Gasteiger partial charge is 0.241 e. The van der Waals surface area contributed by atoms with Crippen LogP contribution in [0.2, 0.25) is 0 Å². The van der Waals surface area contributed by atoms with E-state index < -0.39 is 10.0 Å². The van der Waals surface area contributed by atoms with E-state index in [1.54, 1.807) is 19.2 Å². The summed E-state index contributed by atoms with van der Waals surface area (Å²) in [7, 11) is -2.15. The third-order valence-corrected chi connectivity index (χ3v) is 3.64. The Bertz CT molecular complexity index is 490. The van der Waals surface area contributed by atoms with Crippen molar-refractivity contribution in [2.24, 2.45) is 5.14 Å². The van der Waals surface area contributed by atoms with E-state index >= 15 is 0 Å². The molecule has 18 heavy (non-hydrogen) atoms. The van der Waals surface area contributed by atoms with E-state index in [1.165, 1.54) is 6.07 Å². The lowest BCUT2D eigenvalue weighted by Gasteiger charge is -2.10. The molecule has 102 valence electrons. The number of unbranched alkanes of at least 4 members (excludes halogenated alkanes) is 1. The molecule has 0 aromatic heterocycles. The Kier molecular flexibility index (Phi) is 6.07. The van der Waals surface area contributed by atoms with Crippen molar-refractivity contribution in [1.29, 1.82) is 0 Å². The molecule has 1 aromatic rings. The average Bonchev–Trinajstić information content (AvgIpc) is 2.29. The quantitative estimate of drug-likeness (QED) is 0.770. The molecule has 0 bridgehead atoms. The Morgan fingerprint density at radius 3 is 2.56 bits per heavy atom. The summed E-state index contributed by atoms with van der Waals surface area (Å²) in [4.78, 5) is -0.0105. The van der Waals surface area contributed by atoms with Crippen molar-refractivity contribution in [3.63, 3.8) is 0 Å². The summed E-state index contributed by atoms with van der Waals surface area (Å²) in [6.07, 6.45) is 1.64. The van der Waals surface area contributed by atoms with Gasteiger partial charge in [-0.3, -0.25) is 0 Å². The largest absolute Gasteiger partial charge is 0.492 e. The van der Waals surface area contributed by atoms with E-state index in [0.29, 0.717) is 17.7 Å². The minimum atomic E-state index is -3.78. The lowest BCUT2D eigenvalue weighted by molar-refractivity contribution is 0.183. The van der Waals surface area contributed by atoms with Crippen LogP contribution in [0.15, 0.2) is 27.6 Å². The maximum atomic E-state index is 11.4. The highest BCUT2D eigenvalue weighted by Crippen LogP contribution is 2.26. The van der Waals surface area contributed by atoms with Crippen LogP contribution in [0.5, 0.6) is 5.75 Å². The average molecular weight is 338 g/mol. The topological polar surface area (TPSA) is 78.6 Å². The molecular formula is C11H16BrNO4S. The fourth-order valence-corrected chi connectivity index (χ4v) is 2.57. The van der Waals surface area contributed by atoms with Crippen LogP contribution in [-0.2, 0) is 14.8 Å². The molecule has 0 radical (unpaired) electrons. The molecule has 0 unspecified atom stereocenters.